The lowest BCUT2D eigenvalue weighted by molar-refractivity contribution is 0.181. The molecule has 0 radical (unpaired) electrons. The Bertz CT molecular complexity index is 444. The molecule has 1 aromatic rings. The van der Waals surface area contributed by atoms with E-state index in [4.69, 9.17) is 4.74 Å². The second-order valence-corrected chi connectivity index (χ2v) is 4.49. The summed E-state index contributed by atoms with van der Waals surface area (Å²) in [6, 6.07) is 8.05. The van der Waals surface area contributed by atoms with Crippen molar-refractivity contribution in [1.82, 2.24) is 5.32 Å². The molecule has 96 valence electrons. The average Bonchev–Trinajstić information content (AvgIpc) is 2.86. The van der Waals surface area contributed by atoms with E-state index in [9.17, 15) is 4.79 Å². The summed E-state index contributed by atoms with van der Waals surface area (Å²) in [5.74, 6) is 0. The van der Waals surface area contributed by atoms with Crippen molar-refractivity contribution in [1.29, 1.82) is 0 Å². The van der Waals surface area contributed by atoms with E-state index < -0.39 is 0 Å². The number of hydrogen-bond acceptors (Lipinski definition) is 4. The summed E-state index contributed by atoms with van der Waals surface area (Å²) in [5, 5.41) is 3.34. The van der Waals surface area contributed by atoms with Crippen LogP contribution >= 0.6 is 0 Å². The van der Waals surface area contributed by atoms with Crippen molar-refractivity contribution < 1.29 is 9.53 Å². The van der Waals surface area contributed by atoms with Gasteiger partial charge < -0.3 is 15.0 Å². The number of carbonyl (C=O) groups is 1. The lowest BCUT2D eigenvalue weighted by Crippen LogP contribution is -2.44. The lowest BCUT2D eigenvalue weighted by atomic mass is 10.2. The van der Waals surface area contributed by atoms with Crippen LogP contribution in [0.2, 0.25) is 0 Å². The van der Waals surface area contributed by atoms with Crippen molar-refractivity contribution in [3.63, 3.8) is 0 Å². The fourth-order valence-corrected chi connectivity index (χ4v) is 2.48. The second-order valence-electron chi connectivity index (χ2n) is 4.49. The lowest BCUT2D eigenvalue weighted by Gasteiger charge is -2.32. The van der Waals surface area contributed by atoms with Gasteiger partial charge in [-0.15, -0.1) is 0 Å². The Morgan fingerprint density at radius 1 is 1.06 bits per heavy atom. The van der Waals surface area contributed by atoms with Crippen LogP contribution in [0.5, 0.6) is 0 Å². The summed E-state index contributed by atoms with van der Waals surface area (Å²) in [4.78, 5) is 15.7. The minimum atomic E-state index is -0.238. The molecule has 0 aromatic heterocycles. The first-order chi connectivity index (χ1) is 8.86. The van der Waals surface area contributed by atoms with E-state index in [0.29, 0.717) is 13.2 Å². The molecule has 0 bridgehead atoms. The molecule has 1 aromatic carbocycles. The predicted octanol–water partition coefficient (Wildman–Crippen LogP) is 1.05. The van der Waals surface area contributed by atoms with Crippen molar-refractivity contribution in [2.75, 3.05) is 49.1 Å². The minimum absolute atomic E-state index is 0.238. The third kappa shape index (κ3) is 2.01. The highest BCUT2D eigenvalue weighted by Crippen LogP contribution is 2.31. The Balaban J connectivity index is 1.91. The molecule has 0 spiro atoms. The van der Waals surface area contributed by atoms with Gasteiger partial charge in [-0.2, -0.15) is 0 Å². The normalized spacial score (nSPS) is 20.1. The van der Waals surface area contributed by atoms with E-state index in [1.165, 1.54) is 0 Å². The Morgan fingerprint density at radius 2 is 1.78 bits per heavy atom. The summed E-state index contributed by atoms with van der Waals surface area (Å²) >= 11 is 0. The third-order valence-corrected chi connectivity index (χ3v) is 3.39. The number of para-hydroxylation sites is 2. The highest BCUT2D eigenvalue weighted by molar-refractivity contribution is 5.93. The van der Waals surface area contributed by atoms with Crippen LogP contribution in [0.15, 0.2) is 24.3 Å². The SMILES string of the molecule is O=C1OCCN1c1ccccc1N1CCNCC1. The first-order valence-corrected chi connectivity index (χ1v) is 6.35. The topological polar surface area (TPSA) is 44.8 Å². The summed E-state index contributed by atoms with van der Waals surface area (Å²) < 4.78 is 5.02. The number of nitrogens with one attached hydrogen (secondary N) is 1. The van der Waals surface area contributed by atoms with Gasteiger partial charge in [-0.1, -0.05) is 12.1 Å². The zero-order valence-corrected chi connectivity index (χ0v) is 10.3. The van der Waals surface area contributed by atoms with Crippen molar-refractivity contribution in [3.8, 4) is 0 Å². The first-order valence-electron chi connectivity index (χ1n) is 6.35. The second kappa shape index (κ2) is 4.86. The molecule has 0 atom stereocenters. The summed E-state index contributed by atoms with van der Waals surface area (Å²) in [6.45, 7) is 5.04. The highest BCUT2D eigenvalue weighted by Gasteiger charge is 2.27. The number of cyclic esters (lactones) is 1. The number of piperazine rings is 1. The van der Waals surface area contributed by atoms with Crippen LogP contribution in [0.25, 0.3) is 0 Å². The maximum Gasteiger partial charge on any atom is 0.414 e. The number of nitrogens with zero attached hydrogens (tertiary/aromatic N) is 2. The Kier molecular flexibility index (Phi) is 3.06. The van der Waals surface area contributed by atoms with Gasteiger partial charge in [0.2, 0.25) is 0 Å². The van der Waals surface area contributed by atoms with Gasteiger partial charge in [-0.05, 0) is 12.1 Å². The highest BCUT2D eigenvalue weighted by atomic mass is 16.6. The van der Waals surface area contributed by atoms with Crippen molar-refractivity contribution in [3.05, 3.63) is 24.3 Å². The van der Waals surface area contributed by atoms with Crippen LogP contribution in [0.3, 0.4) is 0 Å². The number of rotatable bonds is 2. The van der Waals surface area contributed by atoms with Gasteiger partial charge in [0.1, 0.15) is 6.61 Å². The smallest absolute Gasteiger partial charge is 0.414 e. The van der Waals surface area contributed by atoms with E-state index in [2.05, 4.69) is 16.3 Å². The first kappa shape index (κ1) is 11.3. The molecular weight excluding hydrogens is 230 g/mol. The fraction of sp³-hybridized carbons (Fsp3) is 0.462. The molecule has 0 unspecified atom stereocenters. The molecule has 3 rings (SSSR count). The van der Waals surface area contributed by atoms with Gasteiger partial charge in [0, 0.05) is 26.2 Å². The zero-order chi connectivity index (χ0) is 12.4. The van der Waals surface area contributed by atoms with E-state index in [-0.39, 0.29) is 6.09 Å². The molecule has 2 heterocycles. The molecule has 2 fully saturated rings. The van der Waals surface area contributed by atoms with Gasteiger partial charge in [0.25, 0.3) is 0 Å². The van der Waals surface area contributed by atoms with Crippen LogP contribution in [0.1, 0.15) is 0 Å². The predicted molar refractivity (Wildman–Crippen MR) is 70.2 cm³/mol. The molecule has 1 amide bonds. The number of ether oxygens (including phenoxy) is 1. The van der Waals surface area contributed by atoms with Crippen LogP contribution in [-0.4, -0.2) is 45.4 Å². The molecule has 0 aliphatic carbocycles. The molecule has 5 nitrogen and oxygen atoms in total. The quantitative estimate of drug-likeness (QED) is 0.848. The van der Waals surface area contributed by atoms with Crippen molar-refractivity contribution >= 4 is 17.5 Å². The summed E-state index contributed by atoms with van der Waals surface area (Å²) in [7, 11) is 0. The van der Waals surface area contributed by atoms with E-state index in [1.54, 1.807) is 4.90 Å². The van der Waals surface area contributed by atoms with Gasteiger partial charge in [0.15, 0.2) is 0 Å². The maximum absolute atomic E-state index is 11.7. The van der Waals surface area contributed by atoms with Crippen LogP contribution in [0, 0.1) is 0 Å². The molecule has 1 N–H and O–H groups in total. The molecular formula is C13H17N3O2. The number of anilines is 2. The van der Waals surface area contributed by atoms with Gasteiger partial charge >= 0.3 is 6.09 Å². The number of benzene rings is 1. The monoisotopic (exact) mass is 247 g/mol. The minimum Gasteiger partial charge on any atom is -0.447 e. The van der Waals surface area contributed by atoms with Crippen LogP contribution in [-0.2, 0) is 4.74 Å². The van der Waals surface area contributed by atoms with E-state index in [1.807, 2.05) is 18.2 Å². The van der Waals surface area contributed by atoms with Gasteiger partial charge in [-0.3, -0.25) is 4.90 Å². The molecule has 18 heavy (non-hydrogen) atoms. The molecule has 2 aliphatic rings. The molecule has 5 heteroatoms. The van der Waals surface area contributed by atoms with Gasteiger partial charge in [0.05, 0.1) is 17.9 Å². The van der Waals surface area contributed by atoms with E-state index >= 15 is 0 Å². The van der Waals surface area contributed by atoms with Gasteiger partial charge in [-0.25, -0.2) is 4.79 Å². The number of carbonyl (C=O) groups excluding carboxylic acids is 1. The third-order valence-electron chi connectivity index (χ3n) is 3.39. The Labute approximate surface area is 106 Å². The zero-order valence-electron chi connectivity index (χ0n) is 10.3. The maximum atomic E-state index is 11.7. The van der Waals surface area contributed by atoms with Crippen LogP contribution in [0.4, 0.5) is 16.2 Å². The average molecular weight is 247 g/mol. The Hall–Kier alpha value is -1.75. The largest absolute Gasteiger partial charge is 0.447 e. The number of hydrogen-bond donors (Lipinski definition) is 1. The summed E-state index contributed by atoms with van der Waals surface area (Å²) in [6.07, 6.45) is -0.238. The standard InChI is InChI=1S/C13H17N3O2/c17-13-16(9-10-18-13)12-4-2-1-3-11(12)15-7-5-14-6-8-15/h1-4,14H,5-10H2. The fourth-order valence-electron chi connectivity index (χ4n) is 2.48. The molecule has 0 saturated carbocycles. The van der Waals surface area contributed by atoms with Crippen molar-refractivity contribution in [2.24, 2.45) is 0 Å². The Morgan fingerprint density at radius 3 is 2.44 bits per heavy atom. The molecule has 2 saturated heterocycles. The summed E-state index contributed by atoms with van der Waals surface area (Å²) in [5.41, 5.74) is 2.08. The molecule has 2 aliphatic heterocycles. The van der Waals surface area contributed by atoms with E-state index in [0.717, 1.165) is 37.6 Å². The van der Waals surface area contributed by atoms with Crippen molar-refractivity contribution in [2.45, 2.75) is 0 Å². The van der Waals surface area contributed by atoms with Crippen LogP contribution < -0.4 is 15.1 Å². The number of amides is 1.